The molecule has 2 N–H and O–H groups in total. The van der Waals surface area contributed by atoms with Gasteiger partial charge in [-0.15, -0.1) is 0 Å². The molecule has 0 radical (unpaired) electrons. The fourth-order valence-corrected chi connectivity index (χ4v) is 4.11. The Kier molecular flexibility index (Phi) is 8.75. The van der Waals surface area contributed by atoms with E-state index in [4.69, 9.17) is 9.47 Å². The lowest BCUT2D eigenvalue weighted by Crippen LogP contribution is -2.54. The molecular formula is C24H35N5O5. The summed E-state index contributed by atoms with van der Waals surface area (Å²) >= 11 is 0. The van der Waals surface area contributed by atoms with E-state index in [0.29, 0.717) is 56.3 Å². The van der Waals surface area contributed by atoms with E-state index in [9.17, 15) is 14.4 Å². The predicted molar refractivity (Wildman–Crippen MR) is 127 cm³/mol. The molecule has 0 spiro atoms. The van der Waals surface area contributed by atoms with Gasteiger partial charge in [-0.1, -0.05) is 19.1 Å². The first-order chi connectivity index (χ1) is 16.4. The van der Waals surface area contributed by atoms with Crippen LogP contribution in [0.5, 0.6) is 5.75 Å². The van der Waals surface area contributed by atoms with Crippen LogP contribution in [0.4, 0.5) is 9.59 Å². The van der Waals surface area contributed by atoms with Crippen LogP contribution in [0.15, 0.2) is 35.5 Å². The van der Waals surface area contributed by atoms with Gasteiger partial charge in [-0.05, 0) is 31.0 Å². The van der Waals surface area contributed by atoms with Crippen LogP contribution in [0.2, 0.25) is 0 Å². The van der Waals surface area contributed by atoms with Crippen molar-refractivity contribution in [3.8, 4) is 5.75 Å². The van der Waals surface area contributed by atoms with Crippen LogP contribution in [-0.4, -0.2) is 92.8 Å². The third-order valence-electron chi connectivity index (χ3n) is 6.08. The van der Waals surface area contributed by atoms with Gasteiger partial charge in [0, 0.05) is 52.0 Å². The lowest BCUT2D eigenvalue weighted by Gasteiger charge is -2.39. The highest BCUT2D eigenvalue weighted by Crippen LogP contribution is 2.32. The van der Waals surface area contributed by atoms with E-state index >= 15 is 0 Å². The van der Waals surface area contributed by atoms with Gasteiger partial charge in [0.1, 0.15) is 5.75 Å². The van der Waals surface area contributed by atoms with Crippen molar-refractivity contribution < 1.29 is 23.9 Å². The maximum atomic E-state index is 13.1. The zero-order valence-electron chi connectivity index (χ0n) is 20.4. The van der Waals surface area contributed by atoms with E-state index in [0.717, 1.165) is 12.0 Å². The standard InChI is InChI=1S/C24H35N5O5/c1-5-11-25-23(31)29-14-12-28(13-15-29)16-19-20(22(30)34-6-2)21(26-24(32)27(19)3)17-7-9-18(33-4)10-8-17/h7-10,21H,5-6,11-16H2,1-4H3,(H,25,31)(H,26,32). The lowest BCUT2D eigenvalue weighted by molar-refractivity contribution is -0.139. The normalized spacial score (nSPS) is 19.1. The number of hydrogen-bond donors (Lipinski definition) is 2. The summed E-state index contributed by atoms with van der Waals surface area (Å²) in [6.07, 6.45) is 0.889. The Morgan fingerprint density at radius 2 is 1.79 bits per heavy atom. The number of benzene rings is 1. The number of amides is 4. The number of carbonyl (C=O) groups is 3. The number of nitrogens with zero attached hydrogens (tertiary/aromatic N) is 3. The average Bonchev–Trinajstić information content (AvgIpc) is 2.85. The van der Waals surface area contributed by atoms with Gasteiger partial charge in [0.15, 0.2) is 0 Å². The fraction of sp³-hybridized carbons (Fsp3) is 0.542. The Labute approximate surface area is 200 Å². The maximum absolute atomic E-state index is 13.1. The monoisotopic (exact) mass is 473 g/mol. The van der Waals surface area contributed by atoms with Crippen LogP contribution in [0, 0.1) is 0 Å². The summed E-state index contributed by atoms with van der Waals surface area (Å²) < 4.78 is 10.6. The molecule has 3 rings (SSSR count). The van der Waals surface area contributed by atoms with Crippen LogP contribution in [0.25, 0.3) is 0 Å². The Bertz CT molecular complexity index is 909. The Balaban J connectivity index is 1.85. The number of nitrogens with one attached hydrogen (secondary N) is 2. The van der Waals surface area contributed by atoms with Gasteiger partial charge >= 0.3 is 18.0 Å². The molecule has 186 valence electrons. The zero-order chi connectivity index (χ0) is 24.7. The van der Waals surface area contributed by atoms with E-state index in [2.05, 4.69) is 15.5 Å². The average molecular weight is 474 g/mol. The summed E-state index contributed by atoms with van der Waals surface area (Å²) in [4.78, 5) is 43.6. The molecule has 1 fully saturated rings. The molecule has 0 aliphatic carbocycles. The van der Waals surface area contributed by atoms with Gasteiger partial charge in [0.25, 0.3) is 0 Å². The number of ether oxygens (including phenoxy) is 2. The molecular weight excluding hydrogens is 438 g/mol. The van der Waals surface area contributed by atoms with Gasteiger partial charge < -0.3 is 25.0 Å². The minimum absolute atomic E-state index is 0.0540. The first kappa shape index (κ1) is 25.4. The van der Waals surface area contributed by atoms with Crippen molar-refractivity contribution in [3.05, 3.63) is 41.1 Å². The van der Waals surface area contributed by atoms with Crippen molar-refractivity contribution in [2.75, 3.05) is 60.0 Å². The van der Waals surface area contributed by atoms with E-state index in [-0.39, 0.29) is 18.7 Å². The highest BCUT2D eigenvalue weighted by molar-refractivity contribution is 5.95. The molecule has 2 aliphatic rings. The van der Waals surface area contributed by atoms with Crippen LogP contribution in [-0.2, 0) is 9.53 Å². The number of likely N-dealkylation sites (N-methyl/N-ethyl adjacent to an activating group) is 1. The molecule has 10 nitrogen and oxygen atoms in total. The van der Waals surface area contributed by atoms with Crippen molar-refractivity contribution in [1.29, 1.82) is 0 Å². The summed E-state index contributed by atoms with van der Waals surface area (Å²) in [5, 5.41) is 5.83. The van der Waals surface area contributed by atoms with Crippen molar-refractivity contribution in [2.24, 2.45) is 0 Å². The van der Waals surface area contributed by atoms with E-state index in [1.54, 1.807) is 38.1 Å². The predicted octanol–water partition coefficient (Wildman–Crippen LogP) is 1.95. The molecule has 0 bridgehead atoms. The molecule has 1 saturated heterocycles. The summed E-state index contributed by atoms with van der Waals surface area (Å²) in [6, 6.07) is 6.28. The Hall–Kier alpha value is -3.27. The molecule has 1 unspecified atom stereocenters. The SMILES string of the molecule is CCCNC(=O)N1CCN(CC2=C(C(=O)OCC)C(c3ccc(OC)cc3)NC(=O)N2C)CC1. The van der Waals surface area contributed by atoms with Gasteiger partial charge in [-0.25, -0.2) is 14.4 Å². The second kappa shape index (κ2) is 11.7. The number of carbonyl (C=O) groups excluding carboxylic acids is 3. The first-order valence-electron chi connectivity index (χ1n) is 11.7. The molecule has 4 amide bonds. The van der Waals surface area contributed by atoms with Crippen molar-refractivity contribution in [3.63, 3.8) is 0 Å². The molecule has 2 heterocycles. The largest absolute Gasteiger partial charge is 0.497 e. The van der Waals surface area contributed by atoms with Crippen LogP contribution >= 0.6 is 0 Å². The number of hydrogen-bond acceptors (Lipinski definition) is 6. The molecule has 10 heteroatoms. The van der Waals surface area contributed by atoms with Crippen molar-refractivity contribution in [2.45, 2.75) is 26.3 Å². The van der Waals surface area contributed by atoms with Crippen LogP contribution in [0.1, 0.15) is 31.9 Å². The Morgan fingerprint density at radius 3 is 2.38 bits per heavy atom. The second-order valence-electron chi connectivity index (χ2n) is 8.29. The van der Waals surface area contributed by atoms with Gasteiger partial charge in [-0.3, -0.25) is 9.80 Å². The number of piperazine rings is 1. The number of rotatable bonds is 8. The van der Waals surface area contributed by atoms with E-state index < -0.39 is 12.0 Å². The minimum Gasteiger partial charge on any atom is -0.497 e. The number of esters is 1. The van der Waals surface area contributed by atoms with Crippen molar-refractivity contribution in [1.82, 2.24) is 25.3 Å². The molecule has 0 aromatic heterocycles. The molecule has 0 saturated carbocycles. The first-order valence-corrected chi connectivity index (χ1v) is 11.7. The van der Waals surface area contributed by atoms with Crippen LogP contribution in [0.3, 0.4) is 0 Å². The molecule has 1 aromatic carbocycles. The Morgan fingerprint density at radius 1 is 1.12 bits per heavy atom. The summed E-state index contributed by atoms with van der Waals surface area (Å²) in [7, 11) is 3.24. The maximum Gasteiger partial charge on any atom is 0.338 e. The highest BCUT2D eigenvalue weighted by Gasteiger charge is 2.37. The third-order valence-corrected chi connectivity index (χ3v) is 6.08. The van der Waals surface area contributed by atoms with E-state index in [1.165, 1.54) is 4.90 Å². The quantitative estimate of drug-likeness (QED) is 0.560. The minimum atomic E-state index is -0.634. The van der Waals surface area contributed by atoms with E-state index in [1.807, 2.05) is 19.1 Å². The number of urea groups is 2. The highest BCUT2D eigenvalue weighted by atomic mass is 16.5. The summed E-state index contributed by atoms with van der Waals surface area (Å²) in [5.41, 5.74) is 1.78. The van der Waals surface area contributed by atoms with Gasteiger partial charge in [0.2, 0.25) is 0 Å². The number of methoxy groups -OCH3 is 1. The lowest BCUT2D eigenvalue weighted by atomic mass is 9.94. The van der Waals surface area contributed by atoms with Gasteiger partial charge in [-0.2, -0.15) is 0 Å². The summed E-state index contributed by atoms with van der Waals surface area (Å²) in [6.45, 7) is 7.50. The second-order valence-corrected chi connectivity index (χ2v) is 8.29. The third kappa shape index (κ3) is 5.80. The fourth-order valence-electron chi connectivity index (χ4n) is 4.11. The van der Waals surface area contributed by atoms with Crippen LogP contribution < -0.4 is 15.4 Å². The zero-order valence-corrected chi connectivity index (χ0v) is 20.4. The van der Waals surface area contributed by atoms with Crippen molar-refractivity contribution >= 4 is 18.0 Å². The molecule has 34 heavy (non-hydrogen) atoms. The molecule has 1 atom stereocenters. The molecule has 2 aliphatic heterocycles. The summed E-state index contributed by atoms with van der Waals surface area (Å²) in [5.74, 6) is 0.230. The smallest absolute Gasteiger partial charge is 0.338 e. The molecule has 1 aromatic rings. The topological polar surface area (TPSA) is 103 Å². The van der Waals surface area contributed by atoms with Gasteiger partial charge in [0.05, 0.1) is 25.3 Å².